The molecule has 1 aromatic carbocycles. The van der Waals surface area contributed by atoms with Gasteiger partial charge in [-0.15, -0.1) is 6.58 Å². The predicted octanol–water partition coefficient (Wildman–Crippen LogP) is 4.20. The first-order chi connectivity index (χ1) is 17.2. The van der Waals surface area contributed by atoms with Gasteiger partial charge in [0.2, 0.25) is 21.9 Å². The van der Waals surface area contributed by atoms with Gasteiger partial charge in [-0.05, 0) is 62.8 Å². The van der Waals surface area contributed by atoms with Crippen molar-refractivity contribution in [3.8, 4) is 17.0 Å². The Labute approximate surface area is 211 Å². The zero-order chi connectivity index (χ0) is 26.5. The molecular weight excluding hydrogens is 478 g/mol. The normalized spacial score (nSPS) is 13.7. The molecule has 1 aliphatic rings. The number of pyridine rings is 1. The first-order valence-corrected chi connectivity index (χ1v) is 13.3. The van der Waals surface area contributed by atoms with Crippen LogP contribution in [-0.2, 0) is 10.0 Å². The number of nitrogens with zero attached hydrogens (tertiary/aromatic N) is 3. The molecule has 0 radical (unpaired) electrons. The van der Waals surface area contributed by atoms with Crippen LogP contribution >= 0.6 is 0 Å². The molecule has 0 aliphatic heterocycles. The molecule has 0 bridgehead atoms. The Hall–Kier alpha value is -3.50. The Kier molecular flexibility index (Phi) is 8.65. The summed E-state index contributed by atoms with van der Waals surface area (Å²) in [5.74, 6) is 0.512. The number of anilines is 1. The number of hydrogen-bond acceptors (Lipinski definition) is 7. The second kappa shape index (κ2) is 11.5. The highest BCUT2D eigenvalue weighted by Gasteiger charge is 2.27. The van der Waals surface area contributed by atoms with Crippen LogP contribution in [0, 0.1) is 5.92 Å². The van der Waals surface area contributed by atoms with Crippen molar-refractivity contribution in [2.24, 2.45) is 5.92 Å². The monoisotopic (exact) mass is 511 g/mol. The van der Waals surface area contributed by atoms with Gasteiger partial charge in [0.05, 0.1) is 18.0 Å². The molecule has 1 saturated carbocycles. The number of aromatic nitrogens is 3. The van der Waals surface area contributed by atoms with Gasteiger partial charge in [-0.3, -0.25) is 9.36 Å². The molecule has 0 saturated heterocycles. The van der Waals surface area contributed by atoms with Gasteiger partial charge < -0.3 is 10.5 Å². The van der Waals surface area contributed by atoms with E-state index < -0.39 is 10.0 Å². The van der Waals surface area contributed by atoms with Crippen molar-refractivity contribution in [1.29, 1.82) is 0 Å². The number of methoxy groups -OCH3 is 1. The summed E-state index contributed by atoms with van der Waals surface area (Å²) in [7, 11) is -2.43. The highest BCUT2D eigenvalue weighted by Crippen LogP contribution is 2.31. The largest absolute Gasteiger partial charge is 0.480 e. The topological polar surface area (TPSA) is 129 Å². The third-order valence-corrected chi connectivity index (χ3v) is 7.06. The predicted molar refractivity (Wildman–Crippen MR) is 144 cm³/mol. The number of rotatable bonds is 8. The van der Waals surface area contributed by atoms with Crippen molar-refractivity contribution < 1.29 is 13.2 Å². The molecule has 4 rings (SSSR count). The Morgan fingerprint density at radius 3 is 2.61 bits per heavy atom. The molecule has 2 heterocycles. The summed E-state index contributed by atoms with van der Waals surface area (Å²) < 4.78 is 35.0. The Morgan fingerprint density at radius 1 is 1.31 bits per heavy atom. The molecule has 36 heavy (non-hydrogen) atoms. The van der Waals surface area contributed by atoms with E-state index in [0.29, 0.717) is 40.2 Å². The highest BCUT2D eigenvalue weighted by molar-refractivity contribution is 7.89. The van der Waals surface area contributed by atoms with Crippen LogP contribution in [0.1, 0.15) is 40.0 Å². The zero-order valence-corrected chi connectivity index (χ0v) is 21.9. The van der Waals surface area contributed by atoms with Crippen LogP contribution in [0.15, 0.2) is 58.9 Å². The maximum absolute atomic E-state index is 13.2. The molecule has 10 heteroatoms. The zero-order valence-electron chi connectivity index (χ0n) is 21.1. The van der Waals surface area contributed by atoms with Crippen LogP contribution in [0.4, 0.5) is 5.95 Å². The van der Waals surface area contributed by atoms with E-state index in [1.165, 1.54) is 23.9 Å². The van der Waals surface area contributed by atoms with Gasteiger partial charge in [-0.25, -0.2) is 23.1 Å². The molecule has 1 aliphatic carbocycles. The fourth-order valence-electron chi connectivity index (χ4n) is 3.67. The summed E-state index contributed by atoms with van der Waals surface area (Å²) in [6, 6.07) is 6.63. The number of allylic oxidation sites excluding steroid dienone is 3. The fraction of sp³-hybridized carbons (Fsp3) is 0.346. The maximum Gasteiger partial charge on any atom is 0.267 e. The van der Waals surface area contributed by atoms with Crippen molar-refractivity contribution in [3.05, 3.63) is 59.5 Å². The van der Waals surface area contributed by atoms with Gasteiger partial charge in [0.1, 0.15) is 4.90 Å². The van der Waals surface area contributed by atoms with Crippen LogP contribution in [-0.4, -0.2) is 36.6 Å². The summed E-state index contributed by atoms with van der Waals surface area (Å²) in [4.78, 5) is 21.7. The second-order valence-corrected chi connectivity index (χ2v) is 10.3. The van der Waals surface area contributed by atoms with Gasteiger partial charge in [0.15, 0.2) is 0 Å². The fourth-order valence-corrected chi connectivity index (χ4v) is 4.93. The van der Waals surface area contributed by atoms with Gasteiger partial charge in [0, 0.05) is 24.0 Å². The molecule has 0 unspecified atom stereocenters. The lowest BCUT2D eigenvalue weighted by molar-refractivity contribution is 0.385. The molecule has 0 spiro atoms. The van der Waals surface area contributed by atoms with E-state index in [2.05, 4.69) is 21.3 Å². The molecule has 2 aromatic heterocycles. The summed E-state index contributed by atoms with van der Waals surface area (Å²) in [6.07, 6.45) is 7.97. The van der Waals surface area contributed by atoms with E-state index in [9.17, 15) is 13.2 Å². The molecule has 0 atom stereocenters. The summed E-state index contributed by atoms with van der Waals surface area (Å²) in [6.45, 7) is 9.42. The maximum atomic E-state index is 13.2. The Morgan fingerprint density at radius 2 is 2.00 bits per heavy atom. The van der Waals surface area contributed by atoms with Crippen molar-refractivity contribution in [2.75, 3.05) is 19.4 Å². The summed E-state index contributed by atoms with van der Waals surface area (Å²) >= 11 is 0. The van der Waals surface area contributed by atoms with Gasteiger partial charge >= 0.3 is 0 Å². The van der Waals surface area contributed by atoms with E-state index in [4.69, 9.17) is 10.5 Å². The van der Waals surface area contributed by atoms with Crippen LogP contribution in [0.5, 0.6) is 5.88 Å². The molecule has 3 N–H and O–H groups in total. The third kappa shape index (κ3) is 6.00. The Bertz CT molecular complexity index is 1460. The lowest BCUT2D eigenvalue weighted by Gasteiger charge is -2.13. The number of hydrogen-bond donors (Lipinski definition) is 2. The molecule has 9 nitrogen and oxygen atoms in total. The van der Waals surface area contributed by atoms with Crippen LogP contribution < -0.4 is 20.8 Å². The minimum absolute atomic E-state index is 0.0139. The lowest BCUT2D eigenvalue weighted by atomic mass is 10.1. The van der Waals surface area contributed by atoms with Gasteiger partial charge in [0.25, 0.3) is 5.56 Å². The van der Waals surface area contributed by atoms with Crippen LogP contribution in [0.25, 0.3) is 27.7 Å². The number of nitrogen functional groups attached to an aromatic ring is 1. The number of benzene rings is 1. The molecule has 1 fully saturated rings. The minimum Gasteiger partial charge on any atom is -0.480 e. The van der Waals surface area contributed by atoms with Crippen LogP contribution in [0.2, 0.25) is 0 Å². The number of fused-ring (bicyclic) bond motifs is 1. The van der Waals surface area contributed by atoms with E-state index in [1.807, 2.05) is 19.9 Å². The smallest absolute Gasteiger partial charge is 0.267 e. The molecule has 0 amide bonds. The van der Waals surface area contributed by atoms with E-state index in [-0.39, 0.29) is 22.3 Å². The first kappa shape index (κ1) is 27.1. The summed E-state index contributed by atoms with van der Waals surface area (Å²) in [5, 5.41) is 0.373. The third-order valence-electron chi connectivity index (χ3n) is 5.64. The Balaban J connectivity index is 0.00000115. The van der Waals surface area contributed by atoms with Gasteiger partial charge in [-0.2, -0.15) is 0 Å². The highest BCUT2D eigenvalue weighted by atomic mass is 32.2. The van der Waals surface area contributed by atoms with E-state index in [0.717, 1.165) is 19.3 Å². The lowest BCUT2D eigenvalue weighted by Crippen LogP contribution is -2.26. The van der Waals surface area contributed by atoms with E-state index >= 15 is 0 Å². The van der Waals surface area contributed by atoms with Crippen molar-refractivity contribution in [1.82, 2.24) is 19.3 Å². The number of nitrogens with one attached hydrogen (secondary N) is 1. The van der Waals surface area contributed by atoms with Gasteiger partial charge in [-0.1, -0.05) is 25.1 Å². The molecule has 3 aromatic rings. The average Bonchev–Trinajstić information content (AvgIpc) is 3.68. The average molecular weight is 512 g/mol. The van der Waals surface area contributed by atoms with Crippen molar-refractivity contribution in [2.45, 2.75) is 44.9 Å². The van der Waals surface area contributed by atoms with Crippen molar-refractivity contribution in [3.63, 3.8) is 0 Å². The van der Waals surface area contributed by atoms with Crippen molar-refractivity contribution >= 4 is 32.6 Å². The number of sulfonamides is 1. The summed E-state index contributed by atoms with van der Waals surface area (Å²) in [5.41, 5.74) is 8.06. The SMILES string of the molecule is C=CC.CC/C=C(\C)n1c(N)nc2ccc(-c3cnc(OC)c(S(=O)(=O)NCC4CC4)c3)cc2c1=O. The second-order valence-electron chi connectivity index (χ2n) is 8.53. The molecular formula is C26H33N5O4S. The van der Waals surface area contributed by atoms with E-state index in [1.54, 1.807) is 31.2 Å². The minimum atomic E-state index is -3.81. The first-order valence-electron chi connectivity index (χ1n) is 11.8. The quantitative estimate of drug-likeness (QED) is 0.434. The standard InChI is InChI=1S/C23H27N5O4S.C3H6/c1-4-5-14(2)28-22(29)18-10-16(8-9-19(18)27-23(28)24)17-11-20(21(32-3)25-13-17)33(30,31)26-12-15-6-7-15;1-3-2/h5,8-11,13,15,26H,4,6-7,12H2,1-3H3,(H2,24,27);3H,1H2,2H3/b14-5+;. The van der Waals surface area contributed by atoms with Crippen LogP contribution in [0.3, 0.4) is 0 Å². The molecule has 192 valence electrons. The number of nitrogens with two attached hydrogens (primary N) is 1. The number of ether oxygens (including phenoxy) is 1.